The summed E-state index contributed by atoms with van der Waals surface area (Å²) in [6.07, 6.45) is 1.48. The van der Waals surface area contributed by atoms with E-state index < -0.39 is 39.3 Å². The molecule has 0 amide bonds. The molecule has 0 atom stereocenters. The van der Waals surface area contributed by atoms with E-state index in [0.29, 0.717) is 25.1 Å². The minimum Gasteiger partial charge on any atom is -0.506 e. The molecule has 3 aromatic rings. The number of halogens is 1. The molecule has 0 spiro atoms. The highest BCUT2D eigenvalue weighted by Gasteiger charge is 2.42. The Morgan fingerprint density at radius 2 is 1.70 bits per heavy atom. The summed E-state index contributed by atoms with van der Waals surface area (Å²) in [5, 5.41) is 26.4. The number of Topliss-reactive ketones (excluding diaryl/α,β-unsaturated/α-hetero) is 2. The number of anilines is 1. The third kappa shape index (κ3) is 3.12. The van der Waals surface area contributed by atoms with Crippen LogP contribution >= 0.6 is 0 Å². The van der Waals surface area contributed by atoms with Crippen LogP contribution in [-0.2, 0) is 11.3 Å². The molecule has 8 nitrogen and oxygen atoms in total. The van der Waals surface area contributed by atoms with Crippen LogP contribution in [-0.4, -0.2) is 32.7 Å². The molecule has 1 aromatic heterocycles. The Kier molecular flexibility index (Phi) is 4.81. The summed E-state index contributed by atoms with van der Waals surface area (Å²) in [6.45, 7) is 0.885. The first-order chi connectivity index (χ1) is 15.9. The zero-order chi connectivity index (χ0) is 23.3. The smallest absolute Gasteiger partial charge is 0.319 e. The average Bonchev–Trinajstić information content (AvgIpc) is 2.94. The predicted molar refractivity (Wildman–Crippen MR) is 119 cm³/mol. The molecule has 2 heterocycles. The number of fused-ring (bicyclic) bond motifs is 2. The predicted octanol–water partition coefficient (Wildman–Crippen LogP) is 4.60. The van der Waals surface area contributed by atoms with Gasteiger partial charge in [0.15, 0.2) is 5.82 Å². The van der Waals surface area contributed by atoms with E-state index in [4.69, 9.17) is 0 Å². The van der Waals surface area contributed by atoms with Crippen LogP contribution in [0.3, 0.4) is 0 Å². The summed E-state index contributed by atoms with van der Waals surface area (Å²) in [4.78, 5) is 37.8. The Balaban J connectivity index is 1.91. The number of aromatic nitrogens is 1. The number of hydrogen-bond donors (Lipinski definition) is 2. The van der Waals surface area contributed by atoms with Crippen molar-refractivity contribution < 1.29 is 24.0 Å². The van der Waals surface area contributed by atoms with Gasteiger partial charge in [-0.3, -0.25) is 19.7 Å². The van der Waals surface area contributed by atoms with Gasteiger partial charge in [0.1, 0.15) is 11.6 Å². The molecule has 5 rings (SSSR count). The van der Waals surface area contributed by atoms with E-state index in [0.717, 1.165) is 6.42 Å². The Bertz CT molecular complexity index is 1370. The molecule has 0 bridgehead atoms. The van der Waals surface area contributed by atoms with E-state index in [1.807, 2.05) is 0 Å². The molecule has 2 aromatic carbocycles. The third-order valence-corrected chi connectivity index (χ3v) is 5.99. The van der Waals surface area contributed by atoms with Crippen LogP contribution in [0.2, 0.25) is 0 Å². The van der Waals surface area contributed by atoms with Crippen LogP contribution in [0, 0.1) is 15.9 Å². The molecule has 0 saturated heterocycles. The maximum absolute atomic E-state index is 13.7. The topological polar surface area (TPSA) is 114 Å². The van der Waals surface area contributed by atoms with E-state index in [2.05, 4.69) is 5.32 Å². The number of carbonyl (C=O) groups is 2. The average molecular weight is 447 g/mol. The molecule has 9 heteroatoms. The summed E-state index contributed by atoms with van der Waals surface area (Å²) < 4.78 is 15.3. The molecule has 0 saturated carbocycles. The minimum absolute atomic E-state index is 0.0358. The monoisotopic (exact) mass is 447 g/mol. The lowest BCUT2D eigenvalue weighted by atomic mass is 9.84. The second-order valence-corrected chi connectivity index (χ2v) is 7.90. The highest BCUT2D eigenvalue weighted by Crippen LogP contribution is 2.48. The zero-order valence-electron chi connectivity index (χ0n) is 17.3. The summed E-state index contributed by atoms with van der Waals surface area (Å²) in [5.41, 5.74) is -0.122. The van der Waals surface area contributed by atoms with Crippen molar-refractivity contribution in [2.24, 2.45) is 0 Å². The molecular weight excluding hydrogens is 429 g/mol. The van der Waals surface area contributed by atoms with Crippen molar-refractivity contribution in [1.82, 2.24) is 4.57 Å². The van der Waals surface area contributed by atoms with E-state index in [1.165, 1.54) is 36.4 Å². The first-order valence-electron chi connectivity index (χ1n) is 10.4. The van der Waals surface area contributed by atoms with Gasteiger partial charge in [0, 0.05) is 24.2 Å². The van der Waals surface area contributed by atoms with Crippen molar-refractivity contribution in [2.75, 3.05) is 11.9 Å². The van der Waals surface area contributed by atoms with Gasteiger partial charge in [0.25, 0.3) is 0 Å². The number of nitrogens with zero attached hydrogens (tertiary/aromatic N) is 2. The normalized spacial score (nSPS) is 15.5. The maximum atomic E-state index is 13.7. The number of ketones is 2. The van der Waals surface area contributed by atoms with E-state index in [-0.39, 0.29) is 28.2 Å². The number of benzene rings is 2. The number of nitrogens with one attached hydrogen (secondary N) is 1. The van der Waals surface area contributed by atoms with E-state index in [1.54, 1.807) is 16.7 Å². The zero-order valence-corrected chi connectivity index (χ0v) is 17.3. The largest absolute Gasteiger partial charge is 0.506 e. The van der Waals surface area contributed by atoms with Gasteiger partial charge < -0.3 is 15.0 Å². The SMILES string of the molecule is O=C1C(=O)c2ccccc2C(O)=C1c1c([N+](=O)[O-])c2n(c1-c1ccc(F)cc1)CCCCN2. The van der Waals surface area contributed by atoms with Crippen molar-refractivity contribution in [2.45, 2.75) is 19.4 Å². The quantitative estimate of drug-likeness (QED) is 0.345. The maximum Gasteiger partial charge on any atom is 0.319 e. The Hall–Kier alpha value is -4.27. The summed E-state index contributed by atoms with van der Waals surface area (Å²) >= 11 is 0. The van der Waals surface area contributed by atoms with Gasteiger partial charge in [-0.15, -0.1) is 0 Å². The second-order valence-electron chi connectivity index (χ2n) is 7.90. The standard InChI is InChI=1S/C24H18FN3O5/c25-14-9-7-13(8-10-14)19-17(20(28(32)33)24-26-11-3-4-12-27(19)24)18-21(29)15-5-1-2-6-16(15)22(30)23(18)31/h1-2,5-10,26,29H,3-4,11-12H2. The molecule has 1 aliphatic carbocycles. The van der Waals surface area contributed by atoms with Crippen LogP contribution in [0.1, 0.15) is 34.3 Å². The lowest BCUT2D eigenvalue weighted by Crippen LogP contribution is -2.23. The molecule has 2 N–H and O–H groups in total. The van der Waals surface area contributed by atoms with Gasteiger partial charge in [-0.05, 0) is 42.7 Å². The van der Waals surface area contributed by atoms with Crippen LogP contribution in [0.4, 0.5) is 15.9 Å². The van der Waals surface area contributed by atoms with Gasteiger partial charge in [0.05, 0.1) is 21.8 Å². The summed E-state index contributed by atoms with van der Waals surface area (Å²) in [6, 6.07) is 11.4. The highest BCUT2D eigenvalue weighted by atomic mass is 19.1. The molecule has 0 fully saturated rings. The minimum atomic E-state index is -1.03. The van der Waals surface area contributed by atoms with Crippen molar-refractivity contribution in [3.8, 4) is 11.3 Å². The summed E-state index contributed by atoms with van der Waals surface area (Å²) in [5.74, 6) is -2.69. The highest BCUT2D eigenvalue weighted by molar-refractivity contribution is 6.62. The number of aliphatic hydroxyl groups excluding tert-OH is 1. The summed E-state index contributed by atoms with van der Waals surface area (Å²) in [7, 11) is 0. The van der Waals surface area contributed by atoms with Gasteiger partial charge in [-0.2, -0.15) is 0 Å². The molecule has 166 valence electrons. The van der Waals surface area contributed by atoms with Crippen molar-refractivity contribution in [3.63, 3.8) is 0 Å². The molecule has 0 radical (unpaired) electrons. The number of nitro groups is 1. The Morgan fingerprint density at radius 3 is 2.39 bits per heavy atom. The third-order valence-electron chi connectivity index (χ3n) is 5.99. The number of rotatable bonds is 3. The van der Waals surface area contributed by atoms with Crippen LogP contribution in [0.15, 0.2) is 48.5 Å². The van der Waals surface area contributed by atoms with Crippen LogP contribution < -0.4 is 5.32 Å². The lowest BCUT2D eigenvalue weighted by molar-refractivity contribution is -0.384. The van der Waals surface area contributed by atoms with Crippen molar-refractivity contribution in [3.05, 3.63) is 81.2 Å². The molecule has 2 aliphatic rings. The number of aliphatic hydroxyl groups is 1. The Morgan fingerprint density at radius 1 is 1.00 bits per heavy atom. The van der Waals surface area contributed by atoms with Crippen LogP contribution in [0.5, 0.6) is 0 Å². The van der Waals surface area contributed by atoms with Gasteiger partial charge in [0.2, 0.25) is 11.6 Å². The van der Waals surface area contributed by atoms with Gasteiger partial charge >= 0.3 is 5.69 Å². The number of allylic oxidation sites excluding steroid dienone is 1. The lowest BCUT2D eigenvalue weighted by Gasteiger charge is -2.18. The first-order valence-corrected chi connectivity index (χ1v) is 10.4. The molecular formula is C24H18FN3O5. The fourth-order valence-electron chi connectivity index (χ4n) is 4.53. The molecule has 1 aliphatic heterocycles. The molecule has 33 heavy (non-hydrogen) atoms. The first kappa shape index (κ1) is 20.6. The van der Waals surface area contributed by atoms with Crippen molar-refractivity contribution in [1.29, 1.82) is 0 Å². The number of carbonyl (C=O) groups excluding carboxylic acids is 2. The van der Waals surface area contributed by atoms with Crippen LogP contribution in [0.25, 0.3) is 22.6 Å². The van der Waals surface area contributed by atoms with Gasteiger partial charge in [-0.1, -0.05) is 24.3 Å². The van der Waals surface area contributed by atoms with Crippen molar-refractivity contribution >= 4 is 34.4 Å². The fraction of sp³-hybridized carbons (Fsp3) is 0.167. The second kappa shape index (κ2) is 7.70. The number of hydrogen-bond acceptors (Lipinski definition) is 6. The van der Waals surface area contributed by atoms with E-state index in [9.17, 15) is 29.2 Å². The fourth-order valence-corrected chi connectivity index (χ4v) is 4.53. The van der Waals surface area contributed by atoms with Gasteiger partial charge in [-0.25, -0.2) is 4.39 Å². The van der Waals surface area contributed by atoms with E-state index >= 15 is 0 Å². The Labute approximate surface area is 187 Å². The molecule has 0 unspecified atom stereocenters.